The summed E-state index contributed by atoms with van der Waals surface area (Å²) in [6.45, 7) is 2.19. The Morgan fingerprint density at radius 1 is 1.22 bits per heavy atom. The molecule has 0 saturated carbocycles. The van der Waals surface area contributed by atoms with Crippen LogP contribution in [0.2, 0.25) is 10.0 Å². The van der Waals surface area contributed by atoms with Crippen LogP contribution in [0.25, 0.3) is 22.2 Å². The van der Waals surface area contributed by atoms with Gasteiger partial charge < -0.3 is 15.2 Å². The minimum atomic E-state index is -1.10. The highest BCUT2D eigenvalue weighted by atomic mass is 35.5. The second-order valence-corrected chi connectivity index (χ2v) is 8.77. The molecule has 0 aliphatic carbocycles. The number of halogens is 2. The van der Waals surface area contributed by atoms with Crippen molar-refractivity contribution in [1.82, 2.24) is 15.3 Å². The van der Waals surface area contributed by atoms with E-state index in [4.69, 9.17) is 27.9 Å². The molecule has 2 N–H and O–H groups in total. The van der Waals surface area contributed by atoms with Gasteiger partial charge in [-0.05, 0) is 43.5 Å². The van der Waals surface area contributed by atoms with Gasteiger partial charge in [-0.25, -0.2) is 9.78 Å². The molecule has 1 fully saturated rings. The van der Waals surface area contributed by atoms with E-state index in [2.05, 4.69) is 15.3 Å². The van der Waals surface area contributed by atoms with Crippen molar-refractivity contribution in [1.29, 1.82) is 0 Å². The van der Waals surface area contributed by atoms with Crippen molar-refractivity contribution in [2.24, 2.45) is 0 Å². The first-order valence-corrected chi connectivity index (χ1v) is 10.9. The predicted octanol–water partition coefficient (Wildman–Crippen LogP) is 4.28. The number of benzene rings is 1. The third-order valence-electron chi connectivity index (χ3n) is 5.61. The van der Waals surface area contributed by atoms with Crippen molar-refractivity contribution in [2.75, 3.05) is 6.61 Å². The smallest absolute Gasteiger partial charge is 0.326 e. The van der Waals surface area contributed by atoms with E-state index in [-0.39, 0.29) is 6.42 Å². The van der Waals surface area contributed by atoms with Gasteiger partial charge in [0.05, 0.1) is 21.3 Å². The number of carboxylic acids is 1. The van der Waals surface area contributed by atoms with Gasteiger partial charge in [-0.2, -0.15) is 0 Å². The number of carboxylic acid groups (broad SMARTS) is 1. The number of nitrogens with zero attached hydrogens (tertiary/aromatic N) is 2. The van der Waals surface area contributed by atoms with Crippen LogP contribution in [0.3, 0.4) is 0 Å². The van der Waals surface area contributed by atoms with Crippen LogP contribution >= 0.6 is 23.2 Å². The van der Waals surface area contributed by atoms with E-state index in [1.165, 1.54) is 12.4 Å². The highest BCUT2D eigenvalue weighted by molar-refractivity contribution is 6.38. The molecule has 1 saturated heterocycles. The highest BCUT2D eigenvalue weighted by Gasteiger charge is 2.39. The molecule has 0 radical (unpaired) electrons. The number of carbonyl (C=O) groups excluding carboxylic acids is 1. The zero-order chi connectivity index (χ0) is 22.9. The normalized spacial score (nSPS) is 19.1. The molecule has 0 spiro atoms. The Labute approximate surface area is 194 Å². The number of amides is 1. The molecule has 0 unspecified atom stereocenters. The maximum absolute atomic E-state index is 12.6. The van der Waals surface area contributed by atoms with Gasteiger partial charge in [-0.1, -0.05) is 35.3 Å². The zero-order valence-electron chi connectivity index (χ0n) is 17.3. The molecule has 2 aromatic heterocycles. The van der Waals surface area contributed by atoms with E-state index in [1.807, 2.05) is 12.1 Å². The first-order valence-electron chi connectivity index (χ1n) is 10.1. The Hall–Kier alpha value is -2.74. The SMILES string of the molecule is C[C@@]1(C(=O)N[C@@H](Cc2ccc3nc(-c4c(Cl)cncc4Cl)ccc3c2)C(=O)O)CCCO1. The summed E-state index contributed by atoms with van der Waals surface area (Å²) < 4.78 is 5.52. The maximum Gasteiger partial charge on any atom is 0.326 e. The lowest BCUT2D eigenvalue weighted by molar-refractivity contribution is -0.147. The summed E-state index contributed by atoms with van der Waals surface area (Å²) >= 11 is 12.5. The Bertz CT molecular complexity index is 1170. The van der Waals surface area contributed by atoms with Crippen molar-refractivity contribution in [2.45, 2.75) is 37.8 Å². The van der Waals surface area contributed by atoms with Crippen molar-refractivity contribution >= 4 is 46.0 Å². The molecule has 4 rings (SSSR count). The summed E-state index contributed by atoms with van der Waals surface area (Å²) in [7, 11) is 0. The topological polar surface area (TPSA) is 101 Å². The second-order valence-electron chi connectivity index (χ2n) is 7.95. The molecule has 1 amide bonds. The molecule has 1 aliphatic rings. The summed E-state index contributed by atoms with van der Waals surface area (Å²) in [5, 5.41) is 13.9. The standard InChI is InChI=1S/C23H21Cl2N3O4/c1-23(7-2-8-32-23)22(31)28-19(21(29)30)10-13-3-5-17-14(9-13)4-6-18(27-17)20-15(24)11-26-12-16(20)25/h3-6,9,11-12,19H,2,7-8,10H2,1H3,(H,28,31)(H,29,30)/t19-,23-/m0/s1. The van der Waals surface area contributed by atoms with E-state index in [1.54, 1.807) is 25.1 Å². The molecule has 166 valence electrons. The van der Waals surface area contributed by atoms with E-state index in [9.17, 15) is 14.7 Å². The number of aliphatic carboxylic acids is 1. The molecule has 1 aliphatic heterocycles. The highest BCUT2D eigenvalue weighted by Crippen LogP contribution is 2.33. The van der Waals surface area contributed by atoms with Crippen molar-refractivity contribution in [3.63, 3.8) is 0 Å². The fourth-order valence-electron chi connectivity index (χ4n) is 3.80. The van der Waals surface area contributed by atoms with Crippen LogP contribution in [0.15, 0.2) is 42.7 Å². The quantitative estimate of drug-likeness (QED) is 0.553. The van der Waals surface area contributed by atoms with Gasteiger partial charge in [-0.15, -0.1) is 0 Å². The molecule has 0 bridgehead atoms. The number of fused-ring (bicyclic) bond motifs is 1. The van der Waals surface area contributed by atoms with E-state index in [0.29, 0.717) is 39.8 Å². The molecule has 32 heavy (non-hydrogen) atoms. The first-order chi connectivity index (χ1) is 15.3. The molecular weight excluding hydrogens is 453 g/mol. The van der Waals surface area contributed by atoms with Gasteiger partial charge >= 0.3 is 5.97 Å². The van der Waals surface area contributed by atoms with Gasteiger partial charge in [0.2, 0.25) is 0 Å². The maximum atomic E-state index is 12.6. The third-order valence-corrected chi connectivity index (χ3v) is 6.18. The number of hydrogen-bond donors (Lipinski definition) is 2. The second kappa shape index (κ2) is 9.02. The fourth-order valence-corrected chi connectivity index (χ4v) is 4.36. The monoisotopic (exact) mass is 473 g/mol. The lowest BCUT2D eigenvalue weighted by Crippen LogP contribution is -2.51. The molecule has 3 aromatic rings. The average molecular weight is 474 g/mol. The Kier molecular flexibility index (Phi) is 6.33. The summed E-state index contributed by atoms with van der Waals surface area (Å²) in [5.41, 5.74) is 1.70. The van der Waals surface area contributed by atoms with Crippen LogP contribution < -0.4 is 5.32 Å². The summed E-state index contributed by atoms with van der Waals surface area (Å²) in [4.78, 5) is 33.0. The van der Waals surface area contributed by atoms with Gasteiger partial charge in [-0.3, -0.25) is 9.78 Å². The van der Waals surface area contributed by atoms with Crippen LogP contribution in [-0.4, -0.2) is 45.2 Å². The number of nitrogens with one attached hydrogen (secondary N) is 1. The molecular formula is C23H21Cl2N3O4. The lowest BCUT2D eigenvalue weighted by atomic mass is 9.99. The number of pyridine rings is 2. The summed E-state index contributed by atoms with van der Waals surface area (Å²) in [6.07, 6.45) is 4.50. The van der Waals surface area contributed by atoms with Gasteiger partial charge in [0.15, 0.2) is 0 Å². The van der Waals surface area contributed by atoms with E-state index >= 15 is 0 Å². The molecule has 3 heterocycles. The fraction of sp³-hybridized carbons (Fsp3) is 0.304. The molecule has 9 heteroatoms. The van der Waals surface area contributed by atoms with Crippen LogP contribution in [0.5, 0.6) is 0 Å². The third kappa shape index (κ3) is 4.55. The van der Waals surface area contributed by atoms with E-state index < -0.39 is 23.5 Å². The molecule has 2 atom stereocenters. The van der Waals surface area contributed by atoms with Crippen molar-refractivity contribution < 1.29 is 19.4 Å². The van der Waals surface area contributed by atoms with Gasteiger partial charge in [0.25, 0.3) is 5.91 Å². The Morgan fingerprint density at radius 3 is 2.62 bits per heavy atom. The van der Waals surface area contributed by atoms with Crippen molar-refractivity contribution in [3.05, 3.63) is 58.3 Å². The van der Waals surface area contributed by atoms with E-state index in [0.717, 1.165) is 17.4 Å². The largest absolute Gasteiger partial charge is 0.480 e. The van der Waals surface area contributed by atoms with Crippen molar-refractivity contribution in [3.8, 4) is 11.3 Å². The minimum absolute atomic E-state index is 0.136. The van der Waals surface area contributed by atoms with Crippen LogP contribution in [0.1, 0.15) is 25.3 Å². The number of ether oxygens (including phenoxy) is 1. The Balaban J connectivity index is 1.56. The van der Waals surface area contributed by atoms with Gasteiger partial charge in [0.1, 0.15) is 11.6 Å². The number of carbonyl (C=O) groups is 2. The first kappa shape index (κ1) is 22.5. The number of hydrogen-bond acceptors (Lipinski definition) is 5. The molecule has 1 aromatic carbocycles. The summed E-state index contributed by atoms with van der Waals surface area (Å²) in [6, 6.07) is 8.06. The summed E-state index contributed by atoms with van der Waals surface area (Å²) in [5.74, 6) is -1.50. The number of aromatic nitrogens is 2. The van der Waals surface area contributed by atoms with Crippen LogP contribution in [0, 0.1) is 0 Å². The zero-order valence-corrected chi connectivity index (χ0v) is 18.8. The number of rotatable bonds is 6. The molecule has 7 nitrogen and oxygen atoms in total. The minimum Gasteiger partial charge on any atom is -0.480 e. The Morgan fingerprint density at radius 2 is 1.97 bits per heavy atom. The predicted molar refractivity (Wildman–Crippen MR) is 122 cm³/mol. The van der Waals surface area contributed by atoms with Crippen LogP contribution in [-0.2, 0) is 20.7 Å². The van der Waals surface area contributed by atoms with Gasteiger partial charge in [0, 0.05) is 36.4 Å². The lowest BCUT2D eigenvalue weighted by Gasteiger charge is -2.24. The van der Waals surface area contributed by atoms with Crippen LogP contribution in [0.4, 0.5) is 0 Å². The average Bonchev–Trinajstić information content (AvgIpc) is 3.21.